The third kappa shape index (κ3) is 2.62. The van der Waals surface area contributed by atoms with Gasteiger partial charge in [0.15, 0.2) is 0 Å². The standard InChI is InChI=1S/C19H28O2Si/c1-7-15(2)19(3,4)22(20-5,21-6)18-13-12-16-10-8-9-11-17(16)14-18/h8-15H,7H2,1-6H3. The molecule has 0 saturated carbocycles. The average molecular weight is 317 g/mol. The third-order valence-electron chi connectivity index (χ3n) is 5.40. The van der Waals surface area contributed by atoms with Crippen LogP contribution in [0.25, 0.3) is 10.8 Å². The van der Waals surface area contributed by atoms with Crippen molar-refractivity contribution in [1.82, 2.24) is 0 Å². The molecule has 0 saturated heterocycles. The van der Waals surface area contributed by atoms with Crippen molar-refractivity contribution in [2.45, 2.75) is 39.2 Å². The first-order valence-electron chi connectivity index (χ1n) is 8.02. The lowest BCUT2D eigenvalue weighted by Gasteiger charge is -2.45. The molecule has 0 aromatic heterocycles. The lowest BCUT2D eigenvalue weighted by Crippen LogP contribution is -2.61. The molecule has 22 heavy (non-hydrogen) atoms. The van der Waals surface area contributed by atoms with Crippen LogP contribution in [0, 0.1) is 5.92 Å². The van der Waals surface area contributed by atoms with E-state index in [2.05, 4.69) is 70.2 Å². The van der Waals surface area contributed by atoms with E-state index in [1.54, 1.807) is 14.2 Å². The first-order chi connectivity index (χ1) is 10.4. The Hall–Kier alpha value is -1.16. The highest BCUT2D eigenvalue weighted by molar-refractivity contribution is 6.83. The number of hydrogen-bond donors (Lipinski definition) is 0. The van der Waals surface area contributed by atoms with Crippen molar-refractivity contribution in [3.05, 3.63) is 42.5 Å². The monoisotopic (exact) mass is 316 g/mol. The average Bonchev–Trinajstić information content (AvgIpc) is 2.55. The van der Waals surface area contributed by atoms with Gasteiger partial charge in [-0.25, -0.2) is 0 Å². The summed E-state index contributed by atoms with van der Waals surface area (Å²) in [6, 6.07) is 15.1. The summed E-state index contributed by atoms with van der Waals surface area (Å²) in [7, 11) is 1.05. The molecule has 0 aliphatic carbocycles. The molecule has 0 aliphatic heterocycles. The first kappa shape index (κ1) is 17.2. The van der Waals surface area contributed by atoms with Crippen molar-refractivity contribution in [3.8, 4) is 0 Å². The van der Waals surface area contributed by atoms with Crippen LogP contribution >= 0.6 is 0 Å². The minimum absolute atomic E-state index is 0.0201. The van der Waals surface area contributed by atoms with Crippen molar-refractivity contribution in [3.63, 3.8) is 0 Å². The molecule has 0 spiro atoms. The Labute approximate surface area is 135 Å². The van der Waals surface area contributed by atoms with E-state index in [0.29, 0.717) is 5.92 Å². The van der Waals surface area contributed by atoms with Gasteiger partial charge in [0.2, 0.25) is 0 Å². The lowest BCUT2D eigenvalue weighted by molar-refractivity contribution is 0.201. The molecular weight excluding hydrogens is 288 g/mol. The summed E-state index contributed by atoms with van der Waals surface area (Å²) in [5.41, 5.74) is 0. The van der Waals surface area contributed by atoms with Crippen molar-refractivity contribution in [2.75, 3.05) is 14.2 Å². The Morgan fingerprint density at radius 2 is 1.59 bits per heavy atom. The van der Waals surface area contributed by atoms with Gasteiger partial charge in [-0.1, -0.05) is 76.6 Å². The van der Waals surface area contributed by atoms with Crippen molar-refractivity contribution >= 4 is 24.5 Å². The molecule has 0 amide bonds. The highest BCUT2D eigenvalue weighted by atomic mass is 28.4. The van der Waals surface area contributed by atoms with Crippen LogP contribution in [-0.4, -0.2) is 22.8 Å². The van der Waals surface area contributed by atoms with Crippen molar-refractivity contribution < 1.29 is 8.85 Å². The van der Waals surface area contributed by atoms with Crippen LogP contribution in [0.4, 0.5) is 0 Å². The summed E-state index contributed by atoms with van der Waals surface area (Å²) >= 11 is 0. The zero-order chi connectivity index (χ0) is 16.4. The Morgan fingerprint density at radius 1 is 1.00 bits per heavy atom. The second kappa shape index (κ2) is 6.53. The van der Waals surface area contributed by atoms with Crippen LogP contribution in [0.1, 0.15) is 34.1 Å². The van der Waals surface area contributed by atoms with Crippen molar-refractivity contribution in [2.24, 2.45) is 5.92 Å². The van der Waals surface area contributed by atoms with Crippen molar-refractivity contribution in [1.29, 1.82) is 0 Å². The molecular formula is C19H28O2Si. The Bertz CT molecular complexity index is 632. The smallest absolute Gasteiger partial charge is 0.378 e. The number of benzene rings is 2. The summed E-state index contributed by atoms with van der Waals surface area (Å²) < 4.78 is 12.3. The predicted molar refractivity (Wildman–Crippen MR) is 96.9 cm³/mol. The van der Waals surface area contributed by atoms with Crippen LogP contribution < -0.4 is 5.19 Å². The Balaban J connectivity index is 2.62. The molecule has 0 N–H and O–H groups in total. The summed E-state index contributed by atoms with van der Waals surface area (Å²) in [5.74, 6) is 0.519. The number of fused-ring (bicyclic) bond motifs is 1. The maximum Gasteiger partial charge on any atom is 0.378 e. The van der Waals surface area contributed by atoms with E-state index < -0.39 is 8.56 Å². The third-order valence-corrected chi connectivity index (χ3v) is 9.81. The summed E-state index contributed by atoms with van der Waals surface area (Å²) in [5, 5.41) is 3.68. The molecule has 2 rings (SSSR count). The zero-order valence-corrected chi connectivity index (χ0v) is 15.6. The summed E-state index contributed by atoms with van der Waals surface area (Å²) in [6.07, 6.45) is 1.11. The molecule has 1 unspecified atom stereocenters. The second-order valence-corrected chi connectivity index (χ2v) is 10.5. The molecule has 2 aromatic rings. The van der Waals surface area contributed by atoms with Gasteiger partial charge in [-0.2, -0.15) is 0 Å². The maximum absolute atomic E-state index is 6.13. The van der Waals surface area contributed by atoms with Gasteiger partial charge in [-0.3, -0.25) is 0 Å². The fourth-order valence-electron chi connectivity index (χ4n) is 3.45. The van der Waals surface area contributed by atoms with Crippen LogP contribution in [0.2, 0.25) is 5.04 Å². The van der Waals surface area contributed by atoms with E-state index in [0.717, 1.165) is 6.42 Å². The fraction of sp³-hybridized carbons (Fsp3) is 0.474. The zero-order valence-electron chi connectivity index (χ0n) is 14.6. The molecule has 2 nitrogen and oxygen atoms in total. The van der Waals surface area contributed by atoms with Gasteiger partial charge in [-0.15, -0.1) is 0 Å². The molecule has 0 aliphatic rings. The Morgan fingerprint density at radius 3 is 2.14 bits per heavy atom. The van der Waals surface area contributed by atoms with E-state index in [4.69, 9.17) is 8.85 Å². The van der Waals surface area contributed by atoms with Crippen LogP contribution in [0.15, 0.2) is 42.5 Å². The van der Waals surface area contributed by atoms with Gasteiger partial charge in [0.1, 0.15) is 0 Å². The van der Waals surface area contributed by atoms with Gasteiger partial charge < -0.3 is 8.85 Å². The van der Waals surface area contributed by atoms with Crippen LogP contribution in [0.3, 0.4) is 0 Å². The predicted octanol–water partition coefficient (Wildman–Crippen LogP) is 4.61. The van der Waals surface area contributed by atoms with Gasteiger partial charge >= 0.3 is 8.56 Å². The number of rotatable bonds is 6. The van der Waals surface area contributed by atoms with Crippen LogP contribution in [-0.2, 0) is 8.85 Å². The minimum atomic E-state index is -2.55. The quantitative estimate of drug-likeness (QED) is 0.725. The largest absolute Gasteiger partial charge is 0.394 e. The number of hydrogen-bond acceptors (Lipinski definition) is 2. The maximum atomic E-state index is 6.13. The molecule has 0 fully saturated rings. The summed E-state index contributed by atoms with van der Waals surface area (Å²) in [4.78, 5) is 0. The van der Waals surface area contributed by atoms with Gasteiger partial charge in [0.05, 0.1) is 0 Å². The van der Waals surface area contributed by atoms with Gasteiger partial charge in [0, 0.05) is 19.3 Å². The van der Waals surface area contributed by atoms with E-state index >= 15 is 0 Å². The molecule has 120 valence electrons. The van der Waals surface area contributed by atoms with E-state index in [9.17, 15) is 0 Å². The van der Waals surface area contributed by atoms with Gasteiger partial charge in [0.25, 0.3) is 0 Å². The van der Waals surface area contributed by atoms with E-state index in [1.165, 1.54) is 16.0 Å². The van der Waals surface area contributed by atoms with Gasteiger partial charge in [-0.05, 0) is 21.9 Å². The molecule has 2 aromatic carbocycles. The topological polar surface area (TPSA) is 18.5 Å². The van der Waals surface area contributed by atoms with E-state index in [1.807, 2.05) is 0 Å². The Kier molecular flexibility index (Phi) is 5.10. The molecule has 3 heteroatoms. The normalized spacial score (nSPS) is 14.3. The fourth-order valence-corrected chi connectivity index (χ4v) is 7.38. The molecule has 0 bridgehead atoms. The molecule has 0 heterocycles. The SMILES string of the molecule is CCC(C)C(C)(C)[Si](OC)(OC)c1ccc2ccccc2c1. The van der Waals surface area contributed by atoms with E-state index in [-0.39, 0.29) is 5.04 Å². The van der Waals surface area contributed by atoms with Crippen LogP contribution in [0.5, 0.6) is 0 Å². The first-order valence-corrected chi connectivity index (χ1v) is 9.84. The molecule has 1 atom stereocenters. The highest BCUT2D eigenvalue weighted by Crippen LogP contribution is 2.46. The second-order valence-electron chi connectivity index (χ2n) is 6.62. The molecule has 0 radical (unpaired) electrons. The summed E-state index contributed by atoms with van der Waals surface area (Å²) in [6.45, 7) is 9.10. The lowest BCUT2D eigenvalue weighted by atomic mass is 9.94. The minimum Gasteiger partial charge on any atom is -0.394 e. The highest BCUT2D eigenvalue weighted by Gasteiger charge is 2.54.